The highest BCUT2D eigenvalue weighted by Crippen LogP contribution is 2.00. The molecule has 0 fully saturated rings. The zero-order valence-corrected chi connectivity index (χ0v) is 9.59. The van der Waals surface area contributed by atoms with Crippen molar-refractivity contribution in [2.45, 2.75) is 19.4 Å². The fraction of sp³-hybridized carbons (Fsp3) is 0.231. The summed E-state index contributed by atoms with van der Waals surface area (Å²) in [6.07, 6.45) is 3.34. The second kappa shape index (κ2) is 6.48. The number of carbonyl (C=O) groups is 2. The summed E-state index contributed by atoms with van der Waals surface area (Å²) in [6.45, 7) is 1.71. The number of amides is 1. The van der Waals surface area contributed by atoms with Crippen LogP contribution in [0.5, 0.6) is 0 Å². The number of aliphatic carboxylic acids is 1. The molecular weight excluding hydrogens is 218 g/mol. The quantitative estimate of drug-likeness (QED) is 0.760. The Kier molecular flexibility index (Phi) is 4.94. The van der Waals surface area contributed by atoms with Crippen molar-refractivity contribution in [3.8, 4) is 0 Å². The lowest BCUT2D eigenvalue weighted by Crippen LogP contribution is -2.39. The minimum Gasteiger partial charge on any atom is -0.480 e. The lowest BCUT2D eigenvalue weighted by Gasteiger charge is -2.09. The van der Waals surface area contributed by atoms with E-state index < -0.39 is 17.9 Å². The van der Waals surface area contributed by atoms with Gasteiger partial charge in [-0.3, -0.25) is 4.79 Å². The maximum absolute atomic E-state index is 11.4. The van der Waals surface area contributed by atoms with E-state index in [-0.39, 0.29) is 0 Å². The number of nitrogens with one attached hydrogen (secondary N) is 1. The molecule has 0 bridgehead atoms. The fourth-order valence-electron chi connectivity index (χ4n) is 1.29. The molecule has 0 aliphatic carbocycles. The molecule has 0 spiro atoms. The van der Waals surface area contributed by atoms with Gasteiger partial charge in [0.05, 0.1) is 0 Å². The van der Waals surface area contributed by atoms with Gasteiger partial charge in [-0.05, 0) is 18.1 Å². The minimum absolute atomic E-state index is 0.361. The van der Waals surface area contributed by atoms with E-state index >= 15 is 0 Å². The Labute approximate surface area is 100.0 Å². The molecule has 90 valence electrons. The third kappa shape index (κ3) is 4.51. The first kappa shape index (κ1) is 13.0. The first-order chi connectivity index (χ1) is 8.13. The van der Waals surface area contributed by atoms with E-state index in [9.17, 15) is 9.59 Å². The van der Waals surface area contributed by atoms with Crippen LogP contribution in [0.2, 0.25) is 0 Å². The second-order valence-electron chi connectivity index (χ2n) is 3.55. The molecule has 4 heteroatoms. The fourth-order valence-corrected chi connectivity index (χ4v) is 1.29. The minimum atomic E-state index is -1.02. The third-order valence-corrected chi connectivity index (χ3v) is 2.25. The van der Waals surface area contributed by atoms with E-state index in [1.165, 1.54) is 6.08 Å². The van der Waals surface area contributed by atoms with Crippen LogP contribution in [0, 0.1) is 0 Å². The van der Waals surface area contributed by atoms with E-state index in [0.29, 0.717) is 6.42 Å². The second-order valence-corrected chi connectivity index (χ2v) is 3.55. The predicted octanol–water partition coefficient (Wildman–Crippen LogP) is 1.68. The molecule has 0 saturated heterocycles. The standard InChI is InChI=1S/C13H15NO3/c1-2-11(13(16)17)14-12(15)9-8-10-6-4-3-5-7-10/h3-9,11H,2H2,1H3,(H,14,15)(H,16,17). The summed E-state index contributed by atoms with van der Waals surface area (Å²) in [4.78, 5) is 22.1. The van der Waals surface area contributed by atoms with Gasteiger partial charge in [0.2, 0.25) is 5.91 Å². The number of carbonyl (C=O) groups excluding carboxylic acids is 1. The van der Waals surface area contributed by atoms with Gasteiger partial charge in [0.1, 0.15) is 6.04 Å². The van der Waals surface area contributed by atoms with Crippen LogP contribution in [-0.4, -0.2) is 23.0 Å². The van der Waals surface area contributed by atoms with Gasteiger partial charge in [0.25, 0.3) is 0 Å². The molecule has 0 radical (unpaired) electrons. The van der Waals surface area contributed by atoms with Gasteiger partial charge in [-0.1, -0.05) is 37.3 Å². The maximum atomic E-state index is 11.4. The van der Waals surface area contributed by atoms with Gasteiger partial charge < -0.3 is 10.4 Å². The zero-order valence-electron chi connectivity index (χ0n) is 9.59. The molecule has 1 unspecified atom stereocenters. The number of carboxylic acids is 1. The zero-order chi connectivity index (χ0) is 12.7. The Morgan fingerprint density at radius 3 is 2.53 bits per heavy atom. The Bertz CT molecular complexity index is 412. The Morgan fingerprint density at radius 2 is 2.00 bits per heavy atom. The molecule has 4 nitrogen and oxygen atoms in total. The van der Waals surface area contributed by atoms with E-state index in [4.69, 9.17) is 5.11 Å². The van der Waals surface area contributed by atoms with Gasteiger partial charge in [-0.25, -0.2) is 4.79 Å². The highest BCUT2D eigenvalue weighted by Gasteiger charge is 2.15. The first-order valence-corrected chi connectivity index (χ1v) is 5.40. The van der Waals surface area contributed by atoms with Gasteiger partial charge in [0, 0.05) is 6.08 Å². The molecule has 0 aromatic heterocycles. The molecule has 1 amide bonds. The summed E-state index contributed by atoms with van der Waals surface area (Å²) in [5.41, 5.74) is 0.894. The largest absolute Gasteiger partial charge is 0.480 e. The van der Waals surface area contributed by atoms with Crippen LogP contribution in [0.25, 0.3) is 6.08 Å². The van der Waals surface area contributed by atoms with E-state index in [2.05, 4.69) is 5.32 Å². The van der Waals surface area contributed by atoms with Gasteiger partial charge in [-0.2, -0.15) is 0 Å². The van der Waals surface area contributed by atoms with Crippen LogP contribution in [-0.2, 0) is 9.59 Å². The van der Waals surface area contributed by atoms with Crippen LogP contribution in [0.1, 0.15) is 18.9 Å². The Balaban J connectivity index is 2.55. The van der Waals surface area contributed by atoms with Crippen LogP contribution in [0.15, 0.2) is 36.4 Å². The molecular formula is C13H15NO3. The Hall–Kier alpha value is -2.10. The van der Waals surface area contributed by atoms with Crippen LogP contribution in [0.3, 0.4) is 0 Å². The maximum Gasteiger partial charge on any atom is 0.326 e. The van der Waals surface area contributed by atoms with E-state index in [1.54, 1.807) is 13.0 Å². The topological polar surface area (TPSA) is 66.4 Å². The lowest BCUT2D eigenvalue weighted by atomic mass is 10.2. The average molecular weight is 233 g/mol. The molecule has 1 aromatic rings. The average Bonchev–Trinajstić information content (AvgIpc) is 2.34. The molecule has 1 rings (SSSR count). The molecule has 17 heavy (non-hydrogen) atoms. The summed E-state index contributed by atoms with van der Waals surface area (Å²) in [5, 5.41) is 11.2. The smallest absolute Gasteiger partial charge is 0.326 e. The van der Waals surface area contributed by atoms with Crippen molar-refractivity contribution in [1.29, 1.82) is 0 Å². The third-order valence-electron chi connectivity index (χ3n) is 2.25. The van der Waals surface area contributed by atoms with E-state index in [0.717, 1.165) is 5.56 Å². The molecule has 1 atom stereocenters. The molecule has 2 N–H and O–H groups in total. The summed E-state index contributed by atoms with van der Waals surface area (Å²) >= 11 is 0. The molecule has 0 aliphatic rings. The molecule has 0 aliphatic heterocycles. The monoisotopic (exact) mass is 233 g/mol. The number of hydrogen-bond donors (Lipinski definition) is 2. The van der Waals surface area contributed by atoms with Crippen molar-refractivity contribution in [2.24, 2.45) is 0 Å². The number of rotatable bonds is 5. The summed E-state index contributed by atoms with van der Waals surface area (Å²) < 4.78 is 0. The van der Waals surface area contributed by atoms with Crippen LogP contribution in [0.4, 0.5) is 0 Å². The van der Waals surface area contributed by atoms with Crippen LogP contribution < -0.4 is 5.32 Å². The van der Waals surface area contributed by atoms with Gasteiger partial charge in [-0.15, -0.1) is 0 Å². The van der Waals surface area contributed by atoms with Crippen LogP contribution >= 0.6 is 0 Å². The molecule has 0 saturated carbocycles. The summed E-state index contributed by atoms with van der Waals surface area (Å²) in [5.74, 6) is -1.42. The van der Waals surface area contributed by atoms with Crippen molar-refractivity contribution in [3.05, 3.63) is 42.0 Å². The molecule has 1 aromatic carbocycles. The highest BCUT2D eigenvalue weighted by atomic mass is 16.4. The lowest BCUT2D eigenvalue weighted by molar-refractivity contribution is -0.141. The van der Waals surface area contributed by atoms with Crippen molar-refractivity contribution in [1.82, 2.24) is 5.32 Å². The van der Waals surface area contributed by atoms with Crippen molar-refractivity contribution >= 4 is 18.0 Å². The summed E-state index contributed by atoms with van der Waals surface area (Å²) in [7, 11) is 0. The normalized spacial score (nSPS) is 12.3. The Morgan fingerprint density at radius 1 is 1.35 bits per heavy atom. The van der Waals surface area contributed by atoms with Crippen molar-refractivity contribution in [3.63, 3.8) is 0 Å². The van der Waals surface area contributed by atoms with E-state index in [1.807, 2.05) is 30.3 Å². The predicted molar refractivity (Wildman–Crippen MR) is 65.3 cm³/mol. The highest BCUT2D eigenvalue weighted by molar-refractivity contribution is 5.94. The van der Waals surface area contributed by atoms with Crippen molar-refractivity contribution < 1.29 is 14.7 Å². The number of carboxylic acid groups (broad SMARTS) is 1. The summed E-state index contributed by atoms with van der Waals surface area (Å²) in [6, 6.07) is 8.50. The van der Waals surface area contributed by atoms with Crippen molar-refractivity contribution in [2.75, 3.05) is 0 Å². The number of benzene rings is 1. The molecule has 0 heterocycles. The number of hydrogen-bond acceptors (Lipinski definition) is 2. The first-order valence-electron chi connectivity index (χ1n) is 5.40. The van der Waals surface area contributed by atoms with Gasteiger partial charge in [0.15, 0.2) is 0 Å². The van der Waals surface area contributed by atoms with Gasteiger partial charge >= 0.3 is 5.97 Å². The SMILES string of the molecule is CCC(NC(=O)C=Cc1ccccc1)C(=O)O.